The van der Waals surface area contributed by atoms with Crippen LogP contribution in [0.3, 0.4) is 0 Å². The molecule has 0 aromatic heterocycles. The average Bonchev–Trinajstić information content (AvgIpc) is 2.08. The molecule has 0 aliphatic heterocycles. The largest absolute Gasteiger partial charge is 0.480 e. The van der Waals surface area contributed by atoms with E-state index >= 15 is 0 Å². The molecule has 1 aromatic carbocycles. The van der Waals surface area contributed by atoms with E-state index in [0.717, 1.165) is 0 Å². The molecule has 1 rings (SSSR count). The molecular formula is C8H7BrClNO4S. The minimum atomic E-state index is -3.91. The van der Waals surface area contributed by atoms with Gasteiger partial charge in [-0.1, -0.05) is 11.6 Å². The smallest absolute Gasteiger partial charge is 0.320 e. The Kier molecular flexibility index (Phi) is 4.17. The van der Waals surface area contributed by atoms with Crippen LogP contribution in [-0.4, -0.2) is 25.2 Å². The minimum Gasteiger partial charge on any atom is -0.480 e. The van der Waals surface area contributed by atoms with Gasteiger partial charge in [0, 0.05) is 9.50 Å². The molecule has 0 bridgehead atoms. The first-order valence-electron chi connectivity index (χ1n) is 3.97. The van der Waals surface area contributed by atoms with E-state index in [4.69, 9.17) is 16.7 Å². The van der Waals surface area contributed by atoms with Gasteiger partial charge >= 0.3 is 5.97 Å². The maximum atomic E-state index is 11.3. The first kappa shape index (κ1) is 13.3. The lowest BCUT2D eigenvalue weighted by Gasteiger charge is -2.08. The van der Waals surface area contributed by atoms with E-state index in [1.165, 1.54) is 6.07 Å². The predicted molar refractivity (Wildman–Crippen MR) is 64.2 cm³/mol. The second-order valence-corrected chi connectivity index (χ2v) is 5.89. The Bertz CT molecular complexity index is 517. The SMILES string of the molecule is O=C(O)CS(=O)(=O)Nc1cc(Cl)ccc1Br. The second-order valence-electron chi connectivity index (χ2n) is 2.88. The molecule has 0 aliphatic carbocycles. The van der Waals surface area contributed by atoms with Crippen LogP contribution >= 0.6 is 27.5 Å². The monoisotopic (exact) mass is 327 g/mol. The Morgan fingerprint density at radius 3 is 2.69 bits per heavy atom. The van der Waals surface area contributed by atoms with E-state index in [1.54, 1.807) is 12.1 Å². The first-order chi connectivity index (χ1) is 7.30. The molecule has 0 amide bonds. The number of anilines is 1. The van der Waals surface area contributed by atoms with E-state index in [2.05, 4.69) is 20.7 Å². The van der Waals surface area contributed by atoms with Crippen molar-refractivity contribution in [2.24, 2.45) is 0 Å². The molecule has 0 atom stereocenters. The van der Waals surface area contributed by atoms with Crippen LogP contribution in [0.15, 0.2) is 22.7 Å². The molecule has 0 heterocycles. The van der Waals surface area contributed by atoms with Crippen LogP contribution in [0.4, 0.5) is 5.69 Å². The lowest BCUT2D eigenvalue weighted by Crippen LogP contribution is -2.22. The Morgan fingerprint density at radius 1 is 1.50 bits per heavy atom. The number of hydrogen-bond acceptors (Lipinski definition) is 3. The van der Waals surface area contributed by atoms with Crippen molar-refractivity contribution < 1.29 is 18.3 Å². The van der Waals surface area contributed by atoms with Gasteiger partial charge in [0.1, 0.15) is 0 Å². The second kappa shape index (κ2) is 5.03. The molecule has 0 spiro atoms. The number of benzene rings is 1. The lowest BCUT2D eigenvalue weighted by molar-refractivity contribution is -0.134. The molecule has 0 saturated heterocycles. The normalized spacial score (nSPS) is 11.1. The number of sulfonamides is 1. The molecule has 88 valence electrons. The average molecular weight is 329 g/mol. The van der Waals surface area contributed by atoms with Gasteiger partial charge in [0.15, 0.2) is 5.75 Å². The van der Waals surface area contributed by atoms with Crippen LogP contribution in [0.25, 0.3) is 0 Å². The molecule has 0 fully saturated rings. The third-order valence-electron chi connectivity index (χ3n) is 1.51. The maximum Gasteiger partial charge on any atom is 0.320 e. The van der Waals surface area contributed by atoms with Gasteiger partial charge in [-0.05, 0) is 34.1 Å². The quantitative estimate of drug-likeness (QED) is 0.884. The number of carboxylic acid groups (broad SMARTS) is 1. The zero-order valence-corrected chi connectivity index (χ0v) is 10.9. The summed E-state index contributed by atoms with van der Waals surface area (Å²) in [5.41, 5.74) is 0.203. The number of nitrogens with one attached hydrogen (secondary N) is 1. The standard InChI is InChI=1S/C8H7BrClNO4S/c9-6-2-1-5(10)3-7(6)11-16(14,15)4-8(12)13/h1-3,11H,4H2,(H,12,13). The Morgan fingerprint density at radius 2 is 2.12 bits per heavy atom. The molecule has 5 nitrogen and oxygen atoms in total. The summed E-state index contributed by atoms with van der Waals surface area (Å²) >= 11 is 8.80. The summed E-state index contributed by atoms with van der Waals surface area (Å²) in [6.07, 6.45) is 0. The molecule has 0 unspecified atom stereocenters. The Balaban J connectivity index is 2.96. The molecule has 0 saturated carbocycles. The van der Waals surface area contributed by atoms with Crippen molar-refractivity contribution >= 4 is 49.2 Å². The van der Waals surface area contributed by atoms with Gasteiger partial charge in [-0.15, -0.1) is 0 Å². The minimum absolute atomic E-state index is 0.203. The van der Waals surface area contributed by atoms with Gasteiger partial charge in [0.2, 0.25) is 10.0 Å². The molecule has 16 heavy (non-hydrogen) atoms. The lowest BCUT2D eigenvalue weighted by atomic mass is 10.3. The third kappa shape index (κ3) is 3.99. The molecule has 0 radical (unpaired) electrons. The summed E-state index contributed by atoms with van der Waals surface area (Å²) in [5, 5.41) is 8.74. The molecule has 0 aliphatic rings. The van der Waals surface area contributed by atoms with Crippen molar-refractivity contribution in [3.05, 3.63) is 27.7 Å². The number of carboxylic acids is 1. The molecule has 1 aromatic rings. The highest BCUT2D eigenvalue weighted by Gasteiger charge is 2.16. The Hall–Kier alpha value is -0.790. The van der Waals surface area contributed by atoms with E-state index in [1.807, 2.05) is 0 Å². The highest BCUT2D eigenvalue weighted by Crippen LogP contribution is 2.26. The van der Waals surface area contributed by atoms with Crippen molar-refractivity contribution in [2.75, 3.05) is 10.5 Å². The summed E-state index contributed by atoms with van der Waals surface area (Å²) < 4.78 is 25.2. The van der Waals surface area contributed by atoms with E-state index in [0.29, 0.717) is 9.50 Å². The van der Waals surface area contributed by atoms with Crippen LogP contribution in [0.1, 0.15) is 0 Å². The fourth-order valence-electron chi connectivity index (χ4n) is 0.942. The van der Waals surface area contributed by atoms with Crippen LogP contribution in [0, 0.1) is 0 Å². The highest BCUT2D eigenvalue weighted by atomic mass is 79.9. The van der Waals surface area contributed by atoms with Crippen molar-refractivity contribution in [2.45, 2.75) is 0 Å². The van der Waals surface area contributed by atoms with E-state index in [-0.39, 0.29) is 5.69 Å². The van der Waals surface area contributed by atoms with Crippen molar-refractivity contribution in [1.82, 2.24) is 0 Å². The summed E-state index contributed by atoms with van der Waals surface area (Å²) in [7, 11) is -3.91. The summed E-state index contributed by atoms with van der Waals surface area (Å²) in [4.78, 5) is 10.3. The zero-order valence-electron chi connectivity index (χ0n) is 7.78. The maximum absolute atomic E-state index is 11.3. The number of carbonyl (C=O) groups is 1. The molecular weight excluding hydrogens is 322 g/mol. The fraction of sp³-hybridized carbons (Fsp3) is 0.125. The van der Waals surface area contributed by atoms with Crippen LogP contribution in [0.2, 0.25) is 5.02 Å². The molecule has 8 heteroatoms. The Labute approximate surface area is 106 Å². The van der Waals surface area contributed by atoms with E-state index < -0.39 is 21.7 Å². The summed E-state index contributed by atoms with van der Waals surface area (Å²) in [5.74, 6) is -2.42. The molecule has 2 N–H and O–H groups in total. The van der Waals surface area contributed by atoms with Crippen molar-refractivity contribution in [3.8, 4) is 0 Å². The van der Waals surface area contributed by atoms with Gasteiger partial charge in [0.25, 0.3) is 0 Å². The summed E-state index contributed by atoms with van der Waals surface area (Å²) in [6, 6.07) is 4.51. The number of rotatable bonds is 4. The van der Waals surface area contributed by atoms with Crippen molar-refractivity contribution in [3.63, 3.8) is 0 Å². The zero-order chi connectivity index (χ0) is 12.3. The van der Waals surface area contributed by atoms with E-state index in [9.17, 15) is 13.2 Å². The van der Waals surface area contributed by atoms with Gasteiger partial charge < -0.3 is 5.11 Å². The summed E-state index contributed by atoms with van der Waals surface area (Å²) in [6.45, 7) is 0. The van der Waals surface area contributed by atoms with Crippen molar-refractivity contribution in [1.29, 1.82) is 0 Å². The van der Waals surface area contributed by atoms with Gasteiger partial charge in [0.05, 0.1) is 5.69 Å². The van der Waals surface area contributed by atoms with Crippen LogP contribution in [-0.2, 0) is 14.8 Å². The number of halogens is 2. The van der Waals surface area contributed by atoms with Gasteiger partial charge in [-0.2, -0.15) is 0 Å². The fourth-order valence-corrected chi connectivity index (χ4v) is 2.49. The third-order valence-corrected chi connectivity index (χ3v) is 3.59. The van der Waals surface area contributed by atoms with Crippen LogP contribution in [0.5, 0.6) is 0 Å². The number of hydrogen-bond donors (Lipinski definition) is 2. The number of aliphatic carboxylic acids is 1. The highest BCUT2D eigenvalue weighted by molar-refractivity contribution is 9.10. The topological polar surface area (TPSA) is 83.5 Å². The van der Waals surface area contributed by atoms with Gasteiger partial charge in [-0.3, -0.25) is 9.52 Å². The first-order valence-corrected chi connectivity index (χ1v) is 6.80. The van der Waals surface area contributed by atoms with Gasteiger partial charge in [-0.25, -0.2) is 8.42 Å². The predicted octanol–water partition coefficient (Wildman–Crippen LogP) is 1.93. The van der Waals surface area contributed by atoms with Crippen LogP contribution < -0.4 is 4.72 Å².